The fourth-order valence-corrected chi connectivity index (χ4v) is 4.02. The predicted molar refractivity (Wildman–Crippen MR) is 138 cm³/mol. The zero-order chi connectivity index (χ0) is 24.7. The first-order chi connectivity index (χ1) is 15.6. The number of hydrogen-bond acceptors (Lipinski definition) is 5. The van der Waals surface area contributed by atoms with E-state index in [4.69, 9.17) is 29.2 Å². The highest BCUT2D eigenvalue weighted by molar-refractivity contribution is 7.81. The lowest BCUT2D eigenvalue weighted by atomic mass is 9.94. The van der Waals surface area contributed by atoms with Crippen LogP contribution in [0.4, 0.5) is 0 Å². The van der Waals surface area contributed by atoms with Gasteiger partial charge in [-0.25, -0.2) is 9.59 Å². The van der Waals surface area contributed by atoms with Gasteiger partial charge < -0.3 is 20.5 Å². The smallest absolute Gasteiger partial charge is 0.328 e. The van der Waals surface area contributed by atoms with Crippen LogP contribution in [0.3, 0.4) is 0 Å². The van der Waals surface area contributed by atoms with Crippen LogP contribution >= 0.6 is 24.4 Å². The molecule has 0 amide bonds. The number of carbonyl (C=O) groups is 2. The summed E-state index contributed by atoms with van der Waals surface area (Å²) in [6.45, 7) is 7.48. The second-order valence-electron chi connectivity index (χ2n) is 8.34. The van der Waals surface area contributed by atoms with Gasteiger partial charge in [-0.1, -0.05) is 101 Å². The highest BCUT2D eigenvalue weighted by atomic mass is 32.1. The van der Waals surface area contributed by atoms with Crippen LogP contribution in [0.5, 0.6) is 0 Å². The predicted octanol–water partition coefficient (Wildman–Crippen LogP) is 4.19. The topological polar surface area (TPSA) is 87.7 Å². The van der Waals surface area contributed by atoms with Crippen LogP contribution in [0.2, 0.25) is 0 Å². The van der Waals surface area contributed by atoms with Gasteiger partial charge in [0, 0.05) is 11.1 Å². The van der Waals surface area contributed by atoms with Gasteiger partial charge in [0.1, 0.15) is 22.1 Å². The van der Waals surface area contributed by atoms with Gasteiger partial charge in [-0.15, -0.1) is 0 Å². The van der Waals surface area contributed by atoms with E-state index in [1.165, 1.54) is 7.11 Å². The number of nitrogens with one attached hydrogen (secondary N) is 2. The zero-order valence-corrected chi connectivity index (χ0v) is 21.0. The Kier molecular flexibility index (Phi) is 9.49. The van der Waals surface area contributed by atoms with E-state index in [0.29, 0.717) is 15.5 Å². The molecule has 3 N–H and O–H groups in total. The highest BCUT2D eigenvalue weighted by Gasteiger charge is 2.26. The molecule has 0 aromatic heterocycles. The van der Waals surface area contributed by atoms with Crippen molar-refractivity contribution in [2.45, 2.75) is 39.8 Å². The number of methoxy groups -OCH3 is 1. The molecule has 0 bridgehead atoms. The third-order valence-electron chi connectivity index (χ3n) is 5.26. The number of ether oxygens (including phenoxy) is 1. The lowest BCUT2D eigenvalue weighted by molar-refractivity contribution is -0.144. The molecular formula is C25H30N2O4S2. The normalized spacial score (nSPS) is 12.7. The third kappa shape index (κ3) is 6.58. The molecule has 33 heavy (non-hydrogen) atoms. The van der Waals surface area contributed by atoms with Crippen LogP contribution in [0.25, 0.3) is 11.1 Å². The summed E-state index contributed by atoms with van der Waals surface area (Å²) in [4.78, 5) is 24.6. The molecule has 0 aliphatic rings. The Hall–Kier alpha value is -2.84. The molecule has 2 rings (SSSR count). The highest BCUT2D eigenvalue weighted by Crippen LogP contribution is 2.28. The average Bonchev–Trinajstić information content (AvgIpc) is 2.79. The Morgan fingerprint density at radius 1 is 0.788 bits per heavy atom. The molecule has 0 spiro atoms. The van der Waals surface area contributed by atoms with Crippen LogP contribution in [0, 0.1) is 11.8 Å². The zero-order valence-electron chi connectivity index (χ0n) is 19.4. The number of carbonyl (C=O) groups excluding carboxylic acids is 1. The molecule has 0 radical (unpaired) electrons. The number of carboxylic acids is 1. The largest absolute Gasteiger partial charge is 0.480 e. The number of hydrogen-bond donors (Lipinski definition) is 3. The fourth-order valence-electron chi connectivity index (χ4n) is 3.41. The van der Waals surface area contributed by atoms with Crippen molar-refractivity contribution in [3.05, 3.63) is 59.7 Å². The first-order valence-corrected chi connectivity index (χ1v) is 11.5. The number of benzene rings is 2. The van der Waals surface area contributed by atoms with E-state index < -0.39 is 18.1 Å². The summed E-state index contributed by atoms with van der Waals surface area (Å²) < 4.78 is 4.92. The Morgan fingerprint density at radius 3 is 1.55 bits per heavy atom. The molecule has 0 aliphatic carbocycles. The van der Waals surface area contributed by atoms with Crippen molar-refractivity contribution < 1.29 is 19.4 Å². The second-order valence-corrected chi connectivity index (χ2v) is 9.16. The van der Waals surface area contributed by atoms with Gasteiger partial charge in [0.2, 0.25) is 0 Å². The van der Waals surface area contributed by atoms with E-state index in [2.05, 4.69) is 10.6 Å². The lowest BCUT2D eigenvalue weighted by Crippen LogP contribution is -2.44. The standard InChI is InChI=1S/C25H30N2O4S2/c1-14(2)20(24(28)29)26-22(32)18-12-8-6-10-16(18)17-11-7-9-13-19(17)23(33)27-21(15(3)4)25(30)31-5/h6-15,20-21H,1-5H3,(H,26,32)(H,27,33)(H,28,29)/t20-,21-/m0/s1. The van der Waals surface area contributed by atoms with Crippen LogP contribution in [0.15, 0.2) is 48.5 Å². The average molecular weight is 487 g/mol. The Morgan fingerprint density at radius 2 is 1.18 bits per heavy atom. The molecule has 8 heteroatoms. The molecule has 2 atom stereocenters. The quantitative estimate of drug-likeness (QED) is 0.359. The van der Waals surface area contributed by atoms with Gasteiger partial charge in [-0.3, -0.25) is 0 Å². The molecule has 6 nitrogen and oxygen atoms in total. The fraction of sp³-hybridized carbons (Fsp3) is 0.360. The number of rotatable bonds is 9. The van der Waals surface area contributed by atoms with Crippen molar-refractivity contribution in [3.63, 3.8) is 0 Å². The molecule has 0 saturated carbocycles. The summed E-state index contributed by atoms with van der Waals surface area (Å²) >= 11 is 11.3. The van der Waals surface area contributed by atoms with Crippen molar-refractivity contribution in [2.24, 2.45) is 11.8 Å². The van der Waals surface area contributed by atoms with E-state index >= 15 is 0 Å². The van der Waals surface area contributed by atoms with Gasteiger partial charge in [-0.05, 0) is 23.0 Å². The van der Waals surface area contributed by atoms with Gasteiger partial charge in [0.15, 0.2) is 0 Å². The summed E-state index contributed by atoms with van der Waals surface area (Å²) in [7, 11) is 1.35. The van der Waals surface area contributed by atoms with Gasteiger partial charge >= 0.3 is 11.9 Å². The van der Waals surface area contributed by atoms with Crippen molar-refractivity contribution in [3.8, 4) is 11.1 Å². The third-order valence-corrected chi connectivity index (χ3v) is 5.94. The van der Waals surface area contributed by atoms with Crippen LogP contribution in [0.1, 0.15) is 38.8 Å². The number of thiocarbonyl (C=S) groups is 2. The van der Waals surface area contributed by atoms with E-state index in [9.17, 15) is 14.7 Å². The summed E-state index contributed by atoms with van der Waals surface area (Å²) in [5, 5.41) is 15.7. The van der Waals surface area contributed by atoms with Gasteiger partial charge in [-0.2, -0.15) is 0 Å². The molecule has 0 unspecified atom stereocenters. The maximum atomic E-state index is 12.2. The van der Waals surface area contributed by atoms with Crippen molar-refractivity contribution in [1.82, 2.24) is 10.6 Å². The van der Waals surface area contributed by atoms with Gasteiger partial charge in [0.05, 0.1) is 7.11 Å². The molecule has 2 aromatic rings. The van der Waals surface area contributed by atoms with Crippen molar-refractivity contribution in [1.29, 1.82) is 0 Å². The molecular weight excluding hydrogens is 456 g/mol. The molecule has 2 aromatic carbocycles. The van der Waals surface area contributed by atoms with E-state index in [0.717, 1.165) is 16.7 Å². The first-order valence-electron chi connectivity index (χ1n) is 10.7. The van der Waals surface area contributed by atoms with Crippen LogP contribution < -0.4 is 10.6 Å². The Labute approximate surface area is 205 Å². The SMILES string of the molecule is COC(=O)[C@@H](NC(=S)c1ccccc1-c1ccccc1C(=S)N[C@H](C(=O)O)C(C)C)C(C)C. The molecule has 0 aliphatic heterocycles. The van der Waals surface area contributed by atoms with Crippen molar-refractivity contribution >= 4 is 46.4 Å². The Balaban J connectivity index is 2.46. The number of esters is 1. The van der Waals surface area contributed by atoms with E-state index in [-0.39, 0.29) is 17.8 Å². The number of carboxylic acid groups (broad SMARTS) is 1. The minimum Gasteiger partial charge on any atom is -0.480 e. The van der Waals surface area contributed by atoms with Crippen molar-refractivity contribution in [2.75, 3.05) is 7.11 Å². The van der Waals surface area contributed by atoms with E-state index in [1.54, 1.807) is 0 Å². The van der Waals surface area contributed by atoms with E-state index in [1.807, 2.05) is 76.2 Å². The molecule has 0 fully saturated rings. The lowest BCUT2D eigenvalue weighted by Gasteiger charge is -2.23. The Bertz CT molecular complexity index is 1040. The monoisotopic (exact) mass is 486 g/mol. The summed E-state index contributed by atoms with van der Waals surface area (Å²) in [5.74, 6) is -1.53. The second kappa shape index (κ2) is 11.9. The maximum absolute atomic E-state index is 12.2. The molecule has 0 heterocycles. The minimum atomic E-state index is -0.960. The number of aliphatic carboxylic acids is 1. The van der Waals surface area contributed by atoms with Gasteiger partial charge in [0.25, 0.3) is 0 Å². The summed E-state index contributed by atoms with van der Waals surface area (Å²) in [6.07, 6.45) is 0. The summed E-state index contributed by atoms with van der Waals surface area (Å²) in [5.41, 5.74) is 3.05. The van der Waals surface area contributed by atoms with Crippen LogP contribution in [-0.4, -0.2) is 46.2 Å². The maximum Gasteiger partial charge on any atom is 0.328 e. The minimum absolute atomic E-state index is 0.0318. The summed E-state index contributed by atoms with van der Waals surface area (Å²) in [6, 6.07) is 13.7. The molecule has 176 valence electrons. The molecule has 0 saturated heterocycles. The first kappa shape index (κ1) is 26.4. The van der Waals surface area contributed by atoms with Crippen LogP contribution in [-0.2, 0) is 14.3 Å².